The van der Waals surface area contributed by atoms with Gasteiger partial charge in [-0.1, -0.05) is 23.7 Å². The maximum atomic E-state index is 11.8. The van der Waals surface area contributed by atoms with Gasteiger partial charge < -0.3 is 15.0 Å². The number of amides is 1. The molecule has 0 bridgehead atoms. The Morgan fingerprint density at radius 2 is 1.52 bits per heavy atom. The Balaban J connectivity index is 0.000000241. The summed E-state index contributed by atoms with van der Waals surface area (Å²) in [6, 6.07) is 13.4. The summed E-state index contributed by atoms with van der Waals surface area (Å²) in [4.78, 5) is 43.5. The largest absolute Gasteiger partial charge is 0.444 e. The molecule has 5 rings (SSSR count). The molecule has 0 radical (unpaired) electrons. The van der Waals surface area contributed by atoms with Crippen LogP contribution in [-0.4, -0.2) is 51.1 Å². The van der Waals surface area contributed by atoms with Gasteiger partial charge in [0.05, 0.1) is 20.9 Å². The Morgan fingerprint density at radius 3 is 2.07 bits per heavy atom. The number of nitro groups is 2. The lowest BCUT2D eigenvalue weighted by Crippen LogP contribution is -2.40. The number of piperidine rings is 1. The number of carbonyl (C=O) groups is 1. The van der Waals surface area contributed by atoms with Gasteiger partial charge in [0, 0.05) is 54.9 Å². The average molecular weight is 595 g/mol. The number of benzene rings is 2. The number of ether oxygens (including phenoxy) is 1. The SMILES string of the molecule is CC(C)(C)OC(=O)NCC1CCN(c2cc3ncccc3cc2[N+](=O)[O-])CC1.O=[N+]([O-])c1cc2cccnc2cc1Cl. The van der Waals surface area contributed by atoms with Crippen LogP contribution in [0.4, 0.5) is 21.9 Å². The average Bonchev–Trinajstić information content (AvgIpc) is 2.94. The Bertz CT molecular complexity index is 1620. The van der Waals surface area contributed by atoms with Crippen molar-refractivity contribution in [1.29, 1.82) is 0 Å². The molecular weight excluding hydrogens is 564 g/mol. The quantitative estimate of drug-likeness (QED) is 0.197. The third-order valence-corrected chi connectivity index (χ3v) is 6.96. The lowest BCUT2D eigenvalue weighted by molar-refractivity contribution is -0.384. The number of pyridine rings is 2. The monoisotopic (exact) mass is 594 g/mol. The maximum Gasteiger partial charge on any atom is 0.407 e. The maximum absolute atomic E-state index is 11.8. The van der Waals surface area contributed by atoms with E-state index in [-0.39, 0.29) is 21.3 Å². The van der Waals surface area contributed by atoms with E-state index in [1.54, 1.807) is 42.7 Å². The van der Waals surface area contributed by atoms with E-state index in [0.29, 0.717) is 42.1 Å². The molecule has 0 atom stereocenters. The number of nitrogens with zero attached hydrogens (tertiary/aromatic N) is 5. The fourth-order valence-electron chi connectivity index (χ4n) is 4.64. The molecule has 2 aromatic carbocycles. The van der Waals surface area contributed by atoms with Gasteiger partial charge in [-0.3, -0.25) is 30.2 Å². The predicted octanol–water partition coefficient (Wildman–Crippen LogP) is 6.68. The molecule has 1 aliphatic heterocycles. The minimum absolute atomic E-state index is 0.0906. The number of alkyl carbamates (subject to hydrolysis) is 1. The highest BCUT2D eigenvalue weighted by molar-refractivity contribution is 6.33. The van der Waals surface area contributed by atoms with Gasteiger partial charge in [-0.05, 0) is 63.8 Å². The summed E-state index contributed by atoms with van der Waals surface area (Å²) < 4.78 is 5.26. The Kier molecular flexibility index (Phi) is 9.36. The number of aromatic nitrogens is 2. The van der Waals surface area contributed by atoms with Gasteiger partial charge >= 0.3 is 6.09 Å². The molecule has 13 heteroatoms. The number of halogens is 1. The number of carbonyl (C=O) groups excluding carboxylic acids is 1. The van der Waals surface area contributed by atoms with Crippen LogP contribution >= 0.6 is 11.6 Å². The standard InChI is InChI=1S/C20H26N4O4.C9H5ClN2O2/c1-20(2,3)28-19(25)22-13-14-6-9-23(10-7-14)17-12-16-15(5-4-8-21-16)11-18(17)24(26)27;10-7-5-8-6(2-1-3-11-8)4-9(7)12(13)14/h4-5,8,11-12,14H,6-7,9-10,13H2,1-3H3,(H,22,25);1-5H. The summed E-state index contributed by atoms with van der Waals surface area (Å²) in [6.07, 6.45) is 4.57. The zero-order valence-electron chi connectivity index (χ0n) is 23.4. The fourth-order valence-corrected chi connectivity index (χ4v) is 4.87. The number of nitrogens with one attached hydrogen (secondary N) is 1. The Labute approximate surface area is 246 Å². The van der Waals surface area contributed by atoms with E-state index < -0.39 is 16.6 Å². The van der Waals surface area contributed by atoms with E-state index in [9.17, 15) is 25.0 Å². The molecule has 1 aliphatic rings. The number of nitro benzene ring substituents is 2. The third-order valence-electron chi connectivity index (χ3n) is 6.65. The van der Waals surface area contributed by atoms with Gasteiger partial charge in [0.25, 0.3) is 11.4 Å². The van der Waals surface area contributed by atoms with Crippen molar-refractivity contribution in [1.82, 2.24) is 15.3 Å². The molecule has 0 spiro atoms. The van der Waals surface area contributed by atoms with Crippen LogP contribution in [-0.2, 0) is 4.74 Å². The molecule has 4 aromatic rings. The first-order valence-corrected chi connectivity index (χ1v) is 13.7. The van der Waals surface area contributed by atoms with Crippen LogP contribution in [0.2, 0.25) is 5.02 Å². The summed E-state index contributed by atoms with van der Waals surface area (Å²) in [5, 5.41) is 26.5. The zero-order chi connectivity index (χ0) is 30.4. The molecule has 1 N–H and O–H groups in total. The van der Waals surface area contributed by atoms with Crippen molar-refractivity contribution < 1.29 is 19.4 Å². The second kappa shape index (κ2) is 12.9. The van der Waals surface area contributed by atoms with Crippen LogP contribution in [0.1, 0.15) is 33.6 Å². The molecular formula is C29H31ClN6O6. The topological polar surface area (TPSA) is 154 Å². The van der Waals surface area contributed by atoms with Crippen molar-refractivity contribution in [3.8, 4) is 0 Å². The van der Waals surface area contributed by atoms with Gasteiger partial charge in [-0.2, -0.15) is 0 Å². The Morgan fingerprint density at radius 1 is 0.976 bits per heavy atom. The summed E-state index contributed by atoms with van der Waals surface area (Å²) >= 11 is 5.72. The van der Waals surface area contributed by atoms with Crippen molar-refractivity contribution in [2.75, 3.05) is 24.5 Å². The number of hydrogen-bond acceptors (Lipinski definition) is 9. The second-order valence-corrected chi connectivity index (χ2v) is 11.3. The van der Waals surface area contributed by atoms with Gasteiger partial charge in [-0.25, -0.2) is 4.79 Å². The molecule has 0 unspecified atom stereocenters. The summed E-state index contributed by atoms with van der Waals surface area (Å²) in [5.41, 5.74) is 1.50. The smallest absolute Gasteiger partial charge is 0.407 e. The molecule has 1 fully saturated rings. The lowest BCUT2D eigenvalue weighted by Gasteiger charge is -2.33. The van der Waals surface area contributed by atoms with Crippen molar-refractivity contribution >= 4 is 56.6 Å². The number of rotatable bonds is 5. The number of fused-ring (bicyclic) bond motifs is 2. The first-order valence-electron chi connectivity index (χ1n) is 13.3. The molecule has 12 nitrogen and oxygen atoms in total. The highest BCUT2D eigenvalue weighted by Gasteiger charge is 2.26. The van der Waals surface area contributed by atoms with Gasteiger partial charge in [0.2, 0.25) is 0 Å². The number of hydrogen-bond donors (Lipinski definition) is 1. The molecule has 2 aromatic heterocycles. The summed E-state index contributed by atoms with van der Waals surface area (Å²) in [6.45, 7) is 7.42. The van der Waals surface area contributed by atoms with Crippen molar-refractivity contribution in [3.05, 3.63) is 86.2 Å². The highest BCUT2D eigenvalue weighted by atomic mass is 35.5. The van der Waals surface area contributed by atoms with Gasteiger partial charge in [0.15, 0.2) is 0 Å². The molecule has 1 saturated heterocycles. The lowest BCUT2D eigenvalue weighted by atomic mass is 9.96. The minimum Gasteiger partial charge on any atom is -0.444 e. The normalized spacial score (nSPS) is 13.8. The summed E-state index contributed by atoms with van der Waals surface area (Å²) in [5.74, 6) is 0.321. The van der Waals surface area contributed by atoms with Crippen molar-refractivity contribution in [3.63, 3.8) is 0 Å². The van der Waals surface area contributed by atoms with E-state index in [1.165, 1.54) is 12.1 Å². The van der Waals surface area contributed by atoms with E-state index in [1.807, 2.05) is 31.7 Å². The molecule has 0 saturated carbocycles. The van der Waals surface area contributed by atoms with E-state index in [4.69, 9.17) is 16.3 Å². The second-order valence-electron chi connectivity index (χ2n) is 10.9. The van der Waals surface area contributed by atoms with E-state index >= 15 is 0 Å². The minimum atomic E-state index is -0.517. The summed E-state index contributed by atoms with van der Waals surface area (Å²) in [7, 11) is 0. The Hall–Kier alpha value is -4.58. The van der Waals surface area contributed by atoms with Crippen LogP contribution in [0.5, 0.6) is 0 Å². The molecule has 1 amide bonds. The van der Waals surface area contributed by atoms with Gasteiger partial charge in [-0.15, -0.1) is 0 Å². The third kappa shape index (κ3) is 7.78. The van der Waals surface area contributed by atoms with Crippen LogP contribution < -0.4 is 10.2 Å². The van der Waals surface area contributed by atoms with Crippen molar-refractivity contribution in [2.45, 2.75) is 39.2 Å². The molecule has 0 aliphatic carbocycles. The van der Waals surface area contributed by atoms with Crippen LogP contribution in [0.25, 0.3) is 21.8 Å². The number of anilines is 1. The zero-order valence-corrected chi connectivity index (χ0v) is 24.2. The van der Waals surface area contributed by atoms with Gasteiger partial charge in [0.1, 0.15) is 16.3 Å². The highest BCUT2D eigenvalue weighted by Crippen LogP contribution is 2.34. The molecule has 42 heavy (non-hydrogen) atoms. The predicted molar refractivity (Wildman–Crippen MR) is 161 cm³/mol. The fraction of sp³-hybridized carbons (Fsp3) is 0.345. The first kappa shape index (κ1) is 30.4. The van der Waals surface area contributed by atoms with Crippen LogP contribution in [0.15, 0.2) is 60.9 Å². The molecule has 3 heterocycles. The van der Waals surface area contributed by atoms with E-state index in [2.05, 4.69) is 15.3 Å². The molecule has 220 valence electrons. The first-order chi connectivity index (χ1) is 19.9. The van der Waals surface area contributed by atoms with E-state index in [0.717, 1.165) is 23.7 Å². The van der Waals surface area contributed by atoms with Crippen molar-refractivity contribution in [2.24, 2.45) is 5.92 Å². The van der Waals surface area contributed by atoms with Crippen LogP contribution in [0.3, 0.4) is 0 Å². The van der Waals surface area contributed by atoms with Crippen LogP contribution in [0, 0.1) is 26.1 Å².